The van der Waals surface area contributed by atoms with Crippen LogP contribution in [0.25, 0.3) is 0 Å². The monoisotopic (exact) mass is 402 g/mol. The molecule has 1 aromatic rings. The van der Waals surface area contributed by atoms with E-state index in [0.29, 0.717) is 22.6 Å². The van der Waals surface area contributed by atoms with Gasteiger partial charge in [0, 0.05) is 23.6 Å². The molecule has 0 bridgehead atoms. The average Bonchev–Trinajstić information content (AvgIpc) is 2.82. The minimum atomic E-state index is -3.44. The van der Waals surface area contributed by atoms with Crippen LogP contribution in [0.4, 0.5) is 0 Å². The summed E-state index contributed by atoms with van der Waals surface area (Å²) in [4.78, 5) is 0.284. The van der Waals surface area contributed by atoms with E-state index in [9.17, 15) is 8.42 Å². The van der Waals surface area contributed by atoms with Crippen molar-refractivity contribution in [3.05, 3.63) is 27.7 Å². The first-order valence-corrected chi connectivity index (χ1v) is 8.69. The molecular weight excluding hydrogens is 387 g/mol. The molecule has 0 spiro atoms. The highest BCUT2D eigenvalue weighted by atomic mass is 79.9. The third-order valence-corrected chi connectivity index (χ3v) is 6.42. The van der Waals surface area contributed by atoms with Crippen molar-refractivity contribution in [3.8, 4) is 0 Å². The second-order valence-electron chi connectivity index (χ2n) is 4.55. The van der Waals surface area contributed by atoms with Crippen LogP contribution in [0.15, 0.2) is 27.6 Å². The van der Waals surface area contributed by atoms with E-state index in [0.717, 1.165) is 12.8 Å². The normalized spacial score (nSPS) is 19.9. The van der Waals surface area contributed by atoms with E-state index in [1.807, 2.05) is 7.05 Å². The van der Waals surface area contributed by atoms with Crippen molar-refractivity contribution in [2.45, 2.75) is 23.8 Å². The third kappa shape index (κ3) is 3.67. The Kier molecular flexibility index (Phi) is 6.76. The number of rotatable bonds is 4. The number of hydrogen-bond acceptors (Lipinski definition) is 3. The SMILES string of the molecule is CNCC1CCCN1S(=O)(=O)c1ccc(Cl)c(Br)c1.Cl. The number of nitrogens with one attached hydrogen (secondary N) is 1. The third-order valence-electron chi connectivity index (χ3n) is 3.26. The molecule has 1 saturated heterocycles. The minimum absolute atomic E-state index is 0. The van der Waals surface area contributed by atoms with Gasteiger partial charge in [-0.2, -0.15) is 4.31 Å². The molecule has 0 aromatic heterocycles. The fourth-order valence-electron chi connectivity index (χ4n) is 2.34. The summed E-state index contributed by atoms with van der Waals surface area (Å²) >= 11 is 9.17. The van der Waals surface area contributed by atoms with Gasteiger partial charge in [-0.05, 0) is 54.0 Å². The van der Waals surface area contributed by atoms with Gasteiger partial charge in [0.25, 0.3) is 0 Å². The predicted octanol–water partition coefficient (Wildman–Crippen LogP) is 2.90. The lowest BCUT2D eigenvalue weighted by Crippen LogP contribution is -2.40. The Bertz CT molecular complexity index is 569. The zero-order valence-electron chi connectivity index (χ0n) is 11.0. The van der Waals surface area contributed by atoms with Gasteiger partial charge < -0.3 is 5.32 Å². The van der Waals surface area contributed by atoms with Crippen molar-refractivity contribution in [2.75, 3.05) is 20.1 Å². The van der Waals surface area contributed by atoms with Gasteiger partial charge in [0.15, 0.2) is 0 Å². The summed E-state index contributed by atoms with van der Waals surface area (Å²) in [5.41, 5.74) is 0. The molecule has 1 unspecified atom stereocenters. The Morgan fingerprint density at radius 2 is 2.20 bits per heavy atom. The lowest BCUT2D eigenvalue weighted by Gasteiger charge is -2.24. The van der Waals surface area contributed by atoms with E-state index in [4.69, 9.17) is 11.6 Å². The molecule has 0 aliphatic carbocycles. The summed E-state index contributed by atoms with van der Waals surface area (Å²) in [6.45, 7) is 1.25. The molecule has 8 heteroatoms. The van der Waals surface area contributed by atoms with E-state index in [1.165, 1.54) is 0 Å². The molecule has 1 heterocycles. The van der Waals surface area contributed by atoms with Gasteiger partial charge in [0.1, 0.15) is 0 Å². The van der Waals surface area contributed by atoms with Crippen LogP contribution in [0.5, 0.6) is 0 Å². The van der Waals surface area contributed by atoms with Gasteiger partial charge in [-0.1, -0.05) is 11.6 Å². The number of benzene rings is 1. The van der Waals surface area contributed by atoms with Crippen molar-refractivity contribution in [2.24, 2.45) is 0 Å². The lowest BCUT2D eigenvalue weighted by atomic mass is 10.2. The summed E-state index contributed by atoms with van der Waals surface area (Å²) in [5.74, 6) is 0. The molecule has 20 heavy (non-hydrogen) atoms. The zero-order chi connectivity index (χ0) is 14.0. The Morgan fingerprint density at radius 1 is 1.50 bits per heavy atom. The number of sulfonamides is 1. The van der Waals surface area contributed by atoms with Gasteiger partial charge >= 0.3 is 0 Å². The van der Waals surface area contributed by atoms with Crippen molar-refractivity contribution in [1.82, 2.24) is 9.62 Å². The maximum Gasteiger partial charge on any atom is 0.243 e. The number of halogens is 3. The Morgan fingerprint density at radius 3 is 2.80 bits per heavy atom. The molecule has 0 saturated carbocycles. The maximum absolute atomic E-state index is 12.6. The maximum atomic E-state index is 12.6. The molecule has 1 aromatic carbocycles. The summed E-state index contributed by atoms with van der Waals surface area (Å²) in [7, 11) is -1.61. The second-order valence-corrected chi connectivity index (χ2v) is 7.70. The Hall–Kier alpha value is 0.150. The highest BCUT2D eigenvalue weighted by molar-refractivity contribution is 9.10. The fourth-order valence-corrected chi connectivity index (χ4v) is 4.71. The van der Waals surface area contributed by atoms with Crippen molar-refractivity contribution in [3.63, 3.8) is 0 Å². The summed E-state index contributed by atoms with van der Waals surface area (Å²) < 4.78 is 27.4. The van der Waals surface area contributed by atoms with E-state index in [-0.39, 0.29) is 23.3 Å². The molecule has 0 radical (unpaired) electrons. The molecule has 1 atom stereocenters. The molecule has 1 N–H and O–H groups in total. The smallest absolute Gasteiger partial charge is 0.243 e. The molecule has 0 amide bonds. The van der Waals surface area contributed by atoms with Gasteiger partial charge in [0.2, 0.25) is 10.0 Å². The van der Waals surface area contributed by atoms with Crippen molar-refractivity contribution >= 4 is 50.0 Å². The van der Waals surface area contributed by atoms with Crippen LogP contribution in [0.2, 0.25) is 5.02 Å². The van der Waals surface area contributed by atoms with E-state index >= 15 is 0 Å². The molecule has 4 nitrogen and oxygen atoms in total. The first-order valence-electron chi connectivity index (χ1n) is 6.08. The number of hydrogen-bond donors (Lipinski definition) is 1. The van der Waals surface area contributed by atoms with Crippen molar-refractivity contribution in [1.29, 1.82) is 0 Å². The van der Waals surface area contributed by atoms with Crippen LogP contribution in [0.1, 0.15) is 12.8 Å². The molecule has 2 rings (SSSR count). The second kappa shape index (κ2) is 7.42. The highest BCUT2D eigenvalue weighted by Gasteiger charge is 2.34. The first kappa shape index (κ1) is 18.2. The van der Waals surface area contributed by atoms with Gasteiger partial charge in [-0.15, -0.1) is 12.4 Å². The van der Waals surface area contributed by atoms with Crippen LogP contribution in [0, 0.1) is 0 Å². The Labute approximate surface area is 139 Å². The van der Waals surface area contributed by atoms with E-state index in [1.54, 1.807) is 22.5 Å². The topological polar surface area (TPSA) is 49.4 Å². The first-order chi connectivity index (χ1) is 8.96. The fraction of sp³-hybridized carbons (Fsp3) is 0.500. The van der Waals surface area contributed by atoms with Crippen molar-refractivity contribution < 1.29 is 8.42 Å². The predicted molar refractivity (Wildman–Crippen MR) is 87.2 cm³/mol. The van der Waals surface area contributed by atoms with Gasteiger partial charge in [-0.25, -0.2) is 8.42 Å². The van der Waals surface area contributed by atoms with Gasteiger partial charge in [-0.3, -0.25) is 0 Å². The average molecular weight is 404 g/mol. The highest BCUT2D eigenvalue weighted by Crippen LogP contribution is 2.30. The van der Waals surface area contributed by atoms with E-state index in [2.05, 4.69) is 21.2 Å². The largest absolute Gasteiger partial charge is 0.318 e. The van der Waals surface area contributed by atoms with Crippen LogP contribution >= 0.6 is 39.9 Å². The molecule has 1 aliphatic heterocycles. The van der Waals surface area contributed by atoms with Gasteiger partial charge in [0.05, 0.1) is 9.92 Å². The van der Waals surface area contributed by atoms with Crippen LogP contribution in [-0.4, -0.2) is 38.9 Å². The van der Waals surface area contributed by atoms with Crippen LogP contribution in [0.3, 0.4) is 0 Å². The summed E-state index contributed by atoms with van der Waals surface area (Å²) in [6.07, 6.45) is 1.80. The summed E-state index contributed by atoms with van der Waals surface area (Å²) in [5, 5.41) is 3.55. The molecular formula is C12H17BrCl2N2O2S. The minimum Gasteiger partial charge on any atom is -0.318 e. The zero-order valence-corrected chi connectivity index (χ0v) is 14.9. The Balaban J connectivity index is 0.00000200. The number of nitrogens with zero attached hydrogens (tertiary/aromatic N) is 1. The summed E-state index contributed by atoms with van der Waals surface area (Å²) in [6, 6.07) is 4.75. The van der Waals surface area contributed by atoms with Crippen LogP contribution < -0.4 is 5.32 Å². The lowest BCUT2D eigenvalue weighted by molar-refractivity contribution is 0.379. The number of likely N-dealkylation sites (N-methyl/N-ethyl adjacent to an activating group) is 1. The standard InChI is InChI=1S/C12H16BrClN2O2S.ClH/c1-15-8-9-3-2-6-16(9)19(17,18)10-4-5-12(14)11(13)7-10;/h4-5,7,9,15H,2-3,6,8H2,1H3;1H. The molecule has 114 valence electrons. The van der Waals surface area contributed by atoms with E-state index < -0.39 is 10.0 Å². The molecule has 1 fully saturated rings. The van der Waals surface area contributed by atoms with Crippen LogP contribution in [-0.2, 0) is 10.0 Å². The quantitative estimate of drug-likeness (QED) is 0.840. The molecule has 1 aliphatic rings.